The highest BCUT2D eigenvalue weighted by atomic mass is 28.4. The van der Waals surface area contributed by atoms with Gasteiger partial charge in [-0.1, -0.05) is 19.8 Å². The number of aliphatic hydroxyl groups excluding tert-OH is 1. The van der Waals surface area contributed by atoms with Crippen LogP contribution in [0.3, 0.4) is 0 Å². The molecule has 4 heteroatoms. The van der Waals surface area contributed by atoms with Crippen LogP contribution < -0.4 is 5.73 Å². The van der Waals surface area contributed by atoms with Gasteiger partial charge in [0.25, 0.3) is 0 Å². The van der Waals surface area contributed by atoms with Crippen LogP contribution in [0.1, 0.15) is 32.6 Å². The molecule has 2 atom stereocenters. The third-order valence-corrected chi connectivity index (χ3v) is 7.23. The molecule has 0 heterocycles. The Morgan fingerprint density at radius 3 is 2.31 bits per heavy atom. The Labute approximate surface area is 102 Å². The standard InChI is InChI=1S/C12H29NO2Si/c1-5-6-7-11(10-14)12(8-9-13)16(3,4)15-2/h11-12,14H,5-10,13H2,1-4H3/t11-,12+/m0/s1. The van der Waals surface area contributed by atoms with Crippen molar-refractivity contribution in [2.45, 2.75) is 51.2 Å². The first kappa shape index (κ1) is 16.1. The number of unbranched alkanes of at least 4 members (excludes halogenated alkanes) is 1. The van der Waals surface area contributed by atoms with Crippen molar-refractivity contribution in [1.82, 2.24) is 0 Å². The van der Waals surface area contributed by atoms with E-state index < -0.39 is 8.32 Å². The molecule has 0 saturated heterocycles. The number of nitrogens with two attached hydrogens (primary N) is 1. The van der Waals surface area contributed by atoms with Crippen LogP contribution in [0.5, 0.6) is 0 Å². The first-order valence-electron chi connectivity index (χ1n) is 6.39. The van der Waals surface area contributed by atoms with E-state index >= 15 is 0 Å². The third kappa shape index (κ3) is 4.95. The second kappa shape index (κ2) is 8.23. The Kier molecular flexibility index (Phi) is 8.28. The molecule has 0 aliphatic heterocycles. The summed E-state index contributed by atoms with van der Waals surface area (Å²) in [6, 6.07) is 0. The molecule has 98 valence electrons. The van der Waals surface area contributed by atoms with Crippen LogP contribution in [0.4, 0.5) is 0 Å². The molecule has 0 radical (unpaired) electrons. The quantitative estimate of drug-likeness (QED) is 0.615. The average molecular weight is 247 g/mol. The second-order valence-electron chi connectivity index (χ2n) is 5.08. The van der Waals surface area contributed by atoms with Crippen molar-refractivity contribution in [2.75, 3.05) is 20.3 Å². The van der Waals surface area contributed by atoms with Crippen LogP contribution >= 0.6 is 0 Å². The number of hydrogen-bond acceptors (Lipinski definition) is 3. The molecule has 0 unspecified atom stereocenters. The van der Waals surface area contributed by atoms with Crippen molar-refractivity contribution in [3.05, 3.63) is 0 Å². The molecule has 0 fully saturated rings. The molecular weight excluding hydrogens is 218 g/mol. The van der Waals surface area contributed by atoms with E-state index in [0.717, 1.165) is 12.8 Å². The maximum Gasteiger partial charge on any atom is 0.189 e. The zero-order valence-electron chi connectivity index (χ0n) is 11.3. The normalized spacial score (nSPS) is 16.1. The van der Waals surface area contributed by atoms with Gasteiger partial charge in [0.05, 0.1) is 0 Å². The molecule has 3 nitrogen and oxygen atoms in total. The molecular formula is C12H29NO2Si. The van der Waals surface area contributed by atoms with Crippen LogP contribution in [-0.2, 0) is 4.43 Å². The molecule has 0 rings (SSSR count). The number of aliphatic hydroxyl groups is 1. The summed E-state index contributed by atoms with van der Waals surface area (Å²) in [7, 11) is 0.0939. The van der Waals surface area contributed by atoms with E-state index in [4.69, 9.17) is 10.2 Å². The Balaban J connectivity index is 4.57. The fourth-order valence-corrected chi connectivity index (χ4v) is 4.94. The van der Waals surface area contributed by atoms with Gasteiger partial charge >= 0.3 is 0 Å². The van der Waals surface area contributed by atoms with Gasteiger partial charge in [-0.2, -0.15) is 0 Å². The van der Waals surface area contributed by atoms with Gasteiger partial charge in [-0.15, -0.1) is 0 Å². The summed E-state index contributed by atoms with van der Waals surface area (Å²) in [6.45, 7) is 7.59. The van der Waals surface area contributed by atoms with Crippen LogP contribution in [0, 0.1) is 5.92 Å². The zero-order valence-corrected chi connectivity index (χ0v) is 12.3. The van der Waals surface area contributed by atoms with Gasteiger partial charge < -0.3 is 15.3 Å². The SMILES string of the molecule is CCCC[C@@H](CO)[C@@H](CCN)[Si](C)(C)OC. The van der Waals surface area contributed by atoms with E-state index in [0.29, 0.717) is 18.0 Å². The minimum Gasteiger partial charge on any atom is -0.420 e. The van der Waals surface area contributed by atoms with Crippen molar-refractivity contribution >= 4 is 8.32 Å². The average Bonchev–Trinajstić information content (AvgIpc) is 2.28. The van der Waals surface area contributed by atoms with Gasteiger partial charge in [0, 0.05) is 13.7 Å². The molecule has 0 saturated carbocycles. The summed E-state index contributed by atoms with van der Waals surface area (Å²) in [5.74, 6) is 0.366. The number of hydrogen-bond donors (Lipinski definition) is 2. The molecule has 3 N–H and O–H groups in total. The van der Waals surface area contributed by atoms with E-state index in [1.165, 1.54) is 12.8 Å². The molecule has 0 aliphatic carbocycles. The van der Waals surface area contributed by atoms with Gasteiger partial charge in [-0.25, -0.2) is 0 Å². The van der Waals surface area contributed by atoms with Crippen molar-refractivity contribution < 1.29 is 9.53 Å². The summed E-state index contributed by atoms with van der Waals surface area (Å²) < 4.78 is 5.69. The largest absolute Gasteiger partial charge is 0.420 e. The van der Waals surface area contributed by atoms with Gasteiger partial charge in [0.1, 0.15) is 0 Å². The number of rotatable bonds is 9. The minimum atomic E-state index is -1.70. The second-order valence-corrected chi connectivity index (χ2v) is 9.43. The fourth-order valence-electron chi connectivity index (χ4n) is 2.37. The monoisotopic (exact) mass is 247 g/mol. The van der Waals surface area contributed by atoms with E-state index in [9.17, 15) is 5.11 Å². The summed E-state index contributed by atoms with van der Waals surface area (Å²) in [4.78, 5) is 0. The van der Waals surface area contributed by atoms with E-state index in [-0.39, 0.29) is 6.61 Å². The van der Waals surface area contributed by atoms with Crippen LogP contribution in [0.15, 0.2) is 0 Å². The highest BCUT2D eigenvalue weighted by Crippen LogP contribution is 2.36. The lowest BCUT2D eigenvalue weighted by Gasteiger charge is -2.36. The summed E-state index contributed by atoms with van der Waals surface area (Å²) in [6.07, 6.45) is 4.43. The van der Waals surface area contributed by atoms with Crippen molar-refractivity contribution in [3.8, 4) is 0 Å². The lowest BCUT2D eigenvalue weighted by Crippen LogP contribution is -2.41. The lowest BCUT2D eigenvalue weighted by molar-refractivity contribution is 0.196. The predicted octanol–water partition coefficient (Wildman–Crippen LogP) is 2.36. The molecule has 0 aliphatic rings. The maximum absolute atomic E-state index is 9.53. The Hall–Kier alpha value is 0.0969. The first-order valence-corrected chi connectivity index (χ1v) is 9.38. The highest BCUT2D eigenvalue weighted by molar-refractivity contribution is 6.72. The van der Waals surface area contributed by atoms with E-state index in [1.807, 2.05) is 0 Å². The molecule has 0 aromatic heterocycles. The van der Waals surface area contributed by atoms with E-state index in [1.54, 1.807) is 7.11 Å². The van der Waals surface area contributed by atoms with Gasteiger partial charge in [0.2, 0.25) is 0 Å². The summed E-state index contributed by atoms with van der Waals surface area (Å²) in [5.41, 5.74) is 6.16. The molecule has 0 amide bonds. The summed E-state index contributed by atoms with van der Waals surface area (Å²) in [5, 5.41) is 9.53. The Bertz CT molecular complexity index is 176. The highest BCUT2D eigenvalue weighted by Gasteiger charge is 2.37. The molecule has 16 heavy (non-hydrogen) atoms. The molecule has 0 aromatic carbocycles. The third-order valence-electron chi connectivity index (χ3n) is 3.63. The van der Waals surface area contributed by atoms with Crippen molar-refractivity contribution in [1.29, 1.82) is 0 Å². The van der Waals surface area contributed by atoms with Gasteiger partial charge in [-0.3, -0.25) is 0 Å². The molecule has 0 spiro atoms. The molecule has 0 aromatic rings. The maximum atomic E-state index is 9.53. The topological polar surface area (TPSA) is 55.5 Å². The molecule has 0 bridgehead atoms. The zero-order chi connectivity index (χ0) is 12.6. The van der Waals surface area contributed by atoms with Gasteiger partial charge in [0.15, 0.2) is 8.32 Å². The Morgan fingerprint density at radius 1 is 1.31 bits per heavy atom. The fraction of sp³-hybridized carbons (Fsp3) is 1.00. The predicted molar refractivity (Wildman–Crippen MR) is 72.0 cm³/mol. The summed E-state index contributed by atoms with van der Waals surface area (Å²) >= 11 is 0. The minimum absolute atomic E-state index is 0.268. The van der Waals surface area contributed by atoms with Crippen molar-refractivity contribution in [3.63, 3.8) is 0 Å². The van der Waals surface area contributed by atoms with E-state index in [2.05, 4.69) is 20.0 Å². The van der Waals surface area contributed by atoms with Crippen LogP contribution in [-0.4, -0.2) is 33.7 Å². The van der Waals surface area contributed by atoms with Crippen molar-refractivity contribution in [2.24, 2.45) is 11.7 Å². The van der Waals surface area contributed by atoms with Gasteiger partial charge in [-0.05, 0) is 43.9 Å². The van der Waals surface area contributed by atoms with Crippen LogP contribution in [0.25, 0.3) is 0 Å². The van der Waals surface area contributed by atoms with Crippen LogP contribution in [0.2, 0.25) is 18.6 Å². The Morgan fingerprint density at radius 2 is 1.94 bits per heavy atom. The lowest BCUT2D eigenvalue weighted by atomic mass is 9.97. The smallest absolute Gasteiger partial charge is 0.189 e. The first-order chi connectivity index (χ1) is 7.53.